The number of benzene rings is 3. The molecule has 0 aromatic heterocycles. The molecule has 0 fully saturated rings. The van der Waals surface area contributed by atoms with Gasteiger partial charge in [-0.15, -0.1) is 0 Å². The minimum absolute atomic E-state index is 0.0845. The molecule has 8 heteroatoms. The summed E-state index contributed by atoms with van der Waals surface area (Å²) in [5, 5.41) is 2.85. The Hall–Kier alpha value is -3.65. The lowest BCUT2D eigenvalue weighted by Crippen LogP contribution is -2.52. The van der Waals surface area contributed by atoms with Crippen LogP contribution in [0.5, 0.6) is 0 Å². The molecule has 37 heavy (non-hydrogen) atoms. The Balaban J connectivity index is 2.03. The van der Waals surface area contributed by atoms with Crippen molar-refractivity contribution in [1.29, 1.82) is 0 Å². The first-order valence-corrected chi connectivity index (χ1v) is 13.7. The van der Waals surface area contributed by atoms with Gasteiger partial charge in [-0.3, -0.25) is 13.9 Å². The molecule has 0 aliphatic rings. The van der Waals surface area contributed by atoms with Crippen molar-refractivity contribution < 1.29 is 18.0 Å². The summed E-state index contributed by atoms with van der Waals surface area (Å²) in [5.74, 6) is -0.782. The predicted octanol–water partition coefficient (Wildman–Crippen LogP) is 4.44. The highest BCUT2D eigenvalue weighted by Gasteiger charge is 2.32. The van der Waals surface area contributed by atoms with Crippen molar-refractivity contribution >= 4 is 27.5 Å². The van der Waals surface area contributed by atoms with Crippen LogP contribution in [-0.2, 0) is 26.2 Å². The van der Waals surface area contributed by atoms with Crippen LogP contribution in [0.25, 0.3) is 0 Å². The van der Waals surface area contributed by atoms with Gasteiger partial charge in [0.25, 0.3) is 10.0 Å². The summed E-state index contributed by atoms with van der Waals surface area (Å²) in [6.45, 7) is 8.91. The Morgan fingerprint density at radius 2 is 1.43 bits per heavy atom. The Bertz CT molecular complexity index is 1330. The van der Waals surface area contributed by atoms with E-state index in [1.807, 2.05) is 64.1 Å². The summed E-state index contributed by atoms with van der Waals surface area (Å²) in [6.07, 6.45) is 0. The van der Waals surface area contributed by atoms with Crippen molar-refractivity contribution in [3.63, 3.8) is 0 Å². The SMILES string of the molecule is Cc1ccc(N(CC(=O)N(Cc2ccccc2)C(C)C(=O)NC(C)C)S(=O)(=O)c2ccccc2)cc1C. The van der Waals surface area contributed by atoms with Gasteiger partial charge in [0.05, 0.1) is 10.6 Å². The third kappa shape index (κ3) is 6.98. The first kappa shape index (κ1) is 27.9. The Morgan fingerprint density at radius 1 is 0.838 bits per heavy atom. The smallest absolute Gasteiger partial charge is 0.264 e. The maximum atomic E-state index is 13.8. The zero-order valence-corrected chi connectivity index (χ0v) is 22.8. The van der Waals surface area contributed by atoms with E-state index >= 15 is 0 Å². The van der Waals surface area contributed by atoms with Gasteiger partial charge in [0.15, 0.2) is 0 Å². The fraction of sp³-hybridized carbons (Fsp3) is 0.310. The van der Waals surface area contributed by atoms with Gasteiger partial charge in [-0.25, -0.2) is 8.42 Å². The van der Waals surface area contributed by atoms with Crippen LogP contribution in [0.15, 0.2) is 83.8 Å². The highest BCUT2D eigenvalue weighted by molar-refractivity contribution is 7.92. The van der Waals surface area contributed by atoms with E-state index in [0.717, 1.165) is 21.0 Å². The van der Waals surface area contributed by atoms with Gasteiger partial charge in [0.2, 0.25) is 11.8 Å². The fourth-order valence-corrected chi connectivity index (χ4v) is 5.32. The lowest BCUT2D eigenvalue weighted by atomic mass is 10.1. The van der Waals surface area contributed by atoms with Crippen molar-refractivity contribution in [3.05, 3.63) is 95.6 Å². The van der Waals surface area contributed by atoms with Crippen molar-refractivity contribution in [1.82, 2.24) is 10.2 Å². The van der Waals surface area contributed by atoms with Crippen LogP contribution in [0.3, 0.4) is 0 Å². The number of amides is 2. The van der Waals surface area contributed by atoms with Gasteiger partial charge in [-0.2, -0.15) is 0 Å². The van der Waals surface area contributed by atoms with E-state index in [1.54, 1.807) is 37.3 Å². The lowest BCUT2D eigenvalue weighted by Gasteiger charge is -2.32. The van der Waals surface area contributed by atoms with Crippen LogP contribution >= 0.6 is 0 Å². The first-order chi connectivity index (χ1) is 17.5. The summed E-state index contributed by atoms with van der Waals surface area (Å²) in [4.78, 5) is 28.3. The second-order valence-corrected chi connectivity index (χ2v) is 11.3. The third-order valence-electron chi connectivity index (χ3n) is 6.18. The molecule has 1 atom stereocenters. The number of nitrogens with zero attached hydrogens (tertiary/aromatic N) is 2. The number of hydrogen-bond donors (Lipinski definition) is 1. The molecule has 3 aromatic rings. The van der Waals surface area contributed by atoms with E-state index in [0.29, 0.717) is 5.69 Å². The maximum Gasteiger partial charge on any atom is 0.264 e. The first-order valence-electron chi connectivity index (χ1n) is 12.3. The Labute approximate surface area is 220 Å². The largest absolute Gasteiger partial charge is 0.352 e. The van der Waals surface area contributed by atoms with E-state index in [4.69, 9.17) is 0 Å². The van der Waals surface area contributed by atoms with Crippen molar-refractivity contribution in [2.75, 3.05) is 10.8 Å². The monoisotopic (exact) mass is 521 g/mol. The van der Waals surface area contributed by atoms with E-state index in [9.17, 15) is 18.0 Å². The second kappa shape index (κ2) is 12.1. The van der Waals surface area contributed by atoms with Crippen LogP contribution in [-0.4, -0.2) is 43.8 Å². The Kier molecular flexibility index (Phi) is 9.10. The van der Waals surface area contributed by atoms with Crippen LogP contribution < -0.4 is 9.62 Å². The molecule has 0 spiro atoms. The molecule has 0 radical (unpaired) electrons. The molecule has 0 bridgehead atoms. The van der Waals surface area contributed by atoms with Crippen molar-refractivity contribution in [3.8, 4) is 0 Å². The molecule has 1 N–H and O–H groups in total. The number of hydrogen-bond acceptors (Lipinski definition) is 4. The summed E-state index contributed by atoms with van der Waals surface area (Å²) < 4.78 is 28.7. The third-order valence-corrected chi connectivity index (χ3v) is 7.97. The molecule has 0 heterocycles. The molecular weight excluding hydrogens is 486 g/mol. The predicted molar refractivity (Wildman–Crippen MR) is 147 cm³/mol. The Morgan fingerprint density at radius 3 is 2.00 bits per heavy atom. The van der Waals surface area contributed by atoms with E-state index in [2.05, 4.69) is 5.32 Å². The van der Waals surface area contributed by atoms with Crippen LogP contribution in [0.1, 0.15) is 37.5 Å². The number of aryl methyl sites for hydroxylation is 2. The van der Waals surface area contributed by atoms with Gasteiger partial charge >= 0.3 is 0 Å². The molecule has 2 amide bonds. The molecule has 3 rings (SSSR count). The zero-order valence-electron chi connectivity index (χ0n) is 22.0. The molecule has 0 saturated heterocycles. The fourth-order valence-electron chi connectivity index (χ4n) is 3.90. The number of anilines is 1. The topological polar surface area (TPSA) is 86.8 Å². The highest BCUT2D eigenvalue weighted by Crippen LogP contribution is 2.26. The number of nitrogens with one attached hydrogen (secondary N) is 1. The van der Waals surface area contributed by atoms with Crippen LogP contribution in [0.2, 0.25) is 0 Å². The van der Waals surface area contributed by atoms with E-state index in [-0.39, 0.29) is 23.4 Å². The van der Waals surface area contributed by atoms with Crippen LogP contribution in [0.4, 0.5) is 5.69 Å². The number of carbonyl (C=O) groups excluding carboxylic acids is 2. The summed E-state index contributed by atoms with van der Waals surface area (Å²) >= 11 is 0. The van der Waals surface area contributed by atoms with Crippen molar-refractivity contribution in [2.45, 2.75) is 58.1 Å². The normalized spacial score (nSPS) is 12.2. The van der Waals surface area contributed by atoms with Gasteiger partial charge in [-0.1, -0.05) is 54.6 Å². The zero-order chi connectivity index (χ0) is 27.2. The average Bonchev–Trinajstić information content (AvgIpc) is 2.87. The van der Waals surface area contributed by atoms with Gasteiger partial charge < -0.3 is 10.2 Å². The molecule has 7 nitrogen and oxygen atoms in total. The summed E-state index contributed by atoms with van der Waals surface area (Å²) in [6, 6.07) is 21.8. The number of rotatable bonds is 10. The molecule has 0 aliphatic carbocycles. The second-order valence-electron chi connectivity index (χ2n) is 9.44. The minimum Gasteiger partial charge on any atom is -0.352 e. The number of sulfonamides is 1. The quantitative estimate of drug-likeness (QED) is 0.427. The van der Waals surface area contributed by atoms with Gasteiger partial charge in [0.1, 0.15) is 12.6 Å². The molecule has 0 saturated carbocycles. The molecule has 3 aromatic carbocycles. The van der Waals surface area contributed by atoms with E-state index < -0.39 is 28.5 Å². The van der Waals surface area contributed by atoms with Gasteiger partial charge in [-0.05, 0) is 75.6 Å². The highest BCUT2D eigenvalue weighted by atomic mass is 32.2. The molecular formula is C29H35N3O4S. The summed E-state index contributed by atoms with van der Waals surface area (Å²) in [5.41, 5.74) is 3.14. The van der Waals surface area contributed by atoms with Gasteiger partial charge in [0, 0.05) is 12.6 Å². The molecule has 0 aliphatic heterocycles. The van der Waals surface area contributed by atoms with Crippen LogP contribution in [0, 0.1) is 13.8 Å². The average molecular weight is 522 g/mol. The molecule has 196 valence electrons. The number of carbonyl (C=O) groups is 2. The standard InChI is InChI=1S/C29H35N3O4S/c1-21(2)30-29(34)24(5)31(19-25-12-8-6-9-13-25)28(33)20-32(26-17-16-22(3)23(4)18-26)37(35,36)27-14-10-7-11-15-27/h6-18,21,24H,19-20H2,1-5H3,(H,30,34). The summed E-state index contributed by atoms with van der Waals surface area (Å²) in [7, 11) is -4.06. The van der Waals surface area contributed by atoms with E-state index in [1.165, 1.54) is 17.0 Å². The molecule has 1 unspecified atom stereocenters. The van der Waals surface area contributed by atoms with Crippen molar-refractivity contribution in [2.24, 2.45) is 0 Å². The minimum atomic E-state index is -4.06. The lowest BCUT2D eigenvalue weighted by molar-refractivity contribution is -0.139. The maximum absolute atomic E-state index is 13.8.